The van der Waals surface area contributed by atoms with Gasteiger partial charge in [0, 0.05) is 30.9 Å². The molecule has 2 amide bonds. The number of halogens is 1. The van der Waals surface area contributed by atoms with E-state index in [0.717, 1.165) is 36.3 Å². The summed E-state index contributed by atoms with van der Waals surface area (Å²) in [6.07, 6.45) is 2.89. The van der Waals surface area contributed by atoms with Crippen molar-refractivity contribution >= 4 is 17.5 Å². The number of rotatable bonds is 7. The minimum atomic E-state index is -0.263. The predicted molar refractivity (Wildman–Crippen MR) is 117 cm³/mol. The van der Waals surface area contributed by atoms with Gasteiger partial charge < -0.3 is 15.5 Å². The number of carbonyl (C=O) groups excluding carboxylic acids is 2. The van der Waals surface area contributed by atoms with E-state index in [-0.39, 0.29) is 24.2 Å². The third-order valence-corrected chi connectivity index (χ3v) is 5.51. The van der Waals surface area contributed by atoms with Crippen LogP contribution < -0.4 is 10.6 Å². The van der Waals surface area contributed by atoms with Crippen LogP contribution in [0.2, 0.25) is 0 Å². The standard InChI is InChI=1S/C24H30FN3O2/c1-17-4-3-13-28(16-17)24(30)20-7-10-22(18(2)14-20)27-15-23(29)26-12-11-19-5-8-21(25)9-6-19/h5-10,14,17,27H,3-4,11-13,15-16H2,1-2H3,(H,26,29). The molecule has 6 heteroatoms. The SMILES string of the molecule is Cc1cc(C(=O)N2CCCC(C)C2)ccc1NCC(=O)NCCc1ccc(F)cc1. The number of piperidine rings is 1. The van der Waals surface area contributed by atoms with E-state index >= 15 is 0 Å². The molecule has 30 heavy (non-hydrogen) atoms. The smallest absolute Gasteiger partial charge is 0.253 e. The number of aryl methyl sites for hydroxylation is 1. The van der Waals surface area contributed by atoms with Crippen LogP contribution in [0, 0.1) is 18.7 Å². The van der Waals surface area contributed by atoms with Gasteiger partial charge in [-0.1, -0.05) is 19.1 Å². The first-order valence-corrected chi connectivity index (χ1v) is 10.6. The molecule has 0 bridgehead atoms. The van der Waals surface area contributed by atoms with Gasteiger partial charge in [0.15, 0.2) is 0 Å². The van der Waals surface area contributed by atoms with Crippen LogP contribution in [0.5, 0.6) is 0 Å². The molecule has 1 heterocycles. The Bertz CT molecular complexity index is 883. The summed E-state index contributed by atoms with van der Waals surface area (Å²) in [7, 11) is 0. The first kappa shape index (κ1) is 21.8. The number of likely N-dealkylation sites (tertiary alicyclic amines) is 1. The number of nitrogens with one attached hydrogen (secondary N) is 2. The van der Waals surface area contributed by atoms with Gasteiger partial charge in [-0.2, -0.15) is 0 Å². The highest BCUT2D eigenvalue weighted by molar-refractivity contribution is 5.95. The van der Waals surface area contributed by atoms with Gasteiger partial charge in [-0.15, -0.1) is 0 Å². The lowest BCUT2D eigenvalue weighted by Gasteiger charge is -2.31. The van der Waals surface area contributed by atoms with Gasteiger partial charge in [-0.3, -0.25) is 9.59 Å². The van der Waals surface area contributed by atoms with E-state index in [2.05, 4.69) is 17.6 Å². The van der Waals surface area contributed by atoms with Crippen molar-refractivity contribution in [3.63, 3.8) is 0 Å². The van der Waals surface area contributed by atoms with Gasteiger partial charge in [0.05, 0.1) is 6.54 Å². The fourth-order valence-electron chi connectivity index (χ4n) is 3.79. The van der Waals surface area contributed by atoms with Gasteiger partial charge in [-0.05, 0) is 73.6 Å². The van der Waals surface area contributed by atoms with Crippen molar-refractivity contribution < 1.29 is 14.0 Å². The van der Waals surface area contributed by atoms with Gasteiger partial charge in [0.1, 0.15) is 5.82 Å². The van der Waals surface area contributed by atoms with Crippen molar-refractivity contribution in [2.24, 2.45) is 5.92 Å². The van der Waals surface area contributed by atoms with Crippen LogP contribution in [0.3, 0.4) is 0 Å². The zero-order valence-corrected chi connectivity index (χ0v) is 17.7. The topological polar surface area (TPSA) is 61.4 Å². The molecule has 2 aromatic rings. The Hall–Kier alpha value is -2.89. The molecular weight excluding hydrogens is 381 g/mol. The highest BCUT2D eigenvalue weighted by Gasteiger charge is 2.22. The van der Waals surface area contributed by atoms with Crippen LogP contribution in [-0.2, 0) is 11.2 Å². The summed E-state index contributed by atoms with van der Waals surface area (Å²) < 4.78 is 12.9. The molecule has 0 saturated carbocycles. The number of hydrogen-bond acceptors (Lipinski definition) is 3. The molecule has 3 rings (SSSR count). The van der Waals surface area contributed by atoms with Crippen LogP contribution in [0.4, 0.5) is 10.1 Å². The second-order valence-electron chi connectivity index (χ2n) is 8.11. The van der Waals surface area contributed by atoms with Crippen LogP contribution in [0.15, 0.2) is 42.5 Å². The molecule has 2 aromatic carbocycles. The molecule has 1 aliphatic rings. The Labute approximate surface area is 177 Å². The normalized spacial score (nSPS) is 16.2. The maximum atomic E-state index is 12.9. The van der Waals surface area contributed by atoms with Crippen LogP contribution >= 0.6 is 0 Å². The summed E-state index contributed by atoms with van der Waals surface area (Å²) in [5, 5.41) is 5.99. The van der Waals surface area contributed by atoms with Crippen LogP contribution in [-0.4, -0.2) is 42.9 Å². The molecule has 1 aliphatic heterocycles. The largest absolute Gasteiger partial charge is 0.376 e. The van der Waals surface area contributed by atoms with E-state index in [1.54, 1.807) is 12.1 Å². The monoisotopic (exact) mass is 411 g/mol. The van der Waals surface area contributed by atoms with Crippen molar-refractivity contribution in [2.75, 3.05) is 31.5 Å². The fourth-order valence-corrected chi connectivity index (χ4v) is 3.79. The van der Waals surface area contributed by atoms with Crippen molar-refractivity contribution in [2.45, 2.75) is 33.1 Å². The molecule has 2 N–H and O–H groups in total. The first-order valence-electron chi connectivity index (χ1n) is 10.6. The highest BCUT2D eigenvalue weighted by atomic mass is 19.1. The molecule has 0 aliphatic carbocycles. The molecule has 1 fully saturated rings. The minimum absolute atomic E-state index is 0.0785. The number of carbonyl (C=O) groups is 2. The zero-order chi connectivity index (χ0) is 21.5. The van der Waals surface area contributed by atoms with Crippen molar-refractivity contribution in [1.82, 2.24) is 10.2 Å². The number of anilines is 1. The maximum Gasteiger partial charge on any atom is 0.253 e. The van der Waals surface area contributed by atoms with Gasteiger partial charge in [0.25, 0.3) is 5.91 Å². The van der Waals surface area contributed by atoms with Crippen LogP contribution in [0.25, 0.3) is 0 Å². The van der Waals surface area contributed by atoms with Crippen molar-refractivity contribution in [1.29, 1.82) is 0 Å². The Morgan fingerprint density at radius 2 is 1.93 bits per heavy atom. The molecule has 1 unspecified atom stereocenters. The highest BCUT2D eigenvalue weighted by Crippen LogP contribution is 2.21. The summed E-state index contributed by atoms with van der Waals surface area (Å²) in [5.41, 5.74) is 3.44. The summed E-state index contributed by atoms with van der Waals surface area (Å²) in [6, 6.07) is 11.8. The van der Waals surface area contributed by atoms with E-state index in [0.29, 0.717) is 24.4 Å². The Morgan fingerprint density at radius 1 is 1.17 bits per heavy atom. The average Bonchev–Trinajstić information content (AvgIpc) is 2.73. The number of hydrogen-bond donors (Lipinski definition) is 2. The van der Waals surface area contributed by atoms with E-state index in [1.165, 1.54) is 18.6 Å². The van der Waals surface area contributed by atoms with E-state index in [4.69, 9.17) is 0 Å². The van der Waals surface area contributed by atoms with Gasteiger partial charge >= 0.3 is 0 Å². The lowest BCUT2D eigenvalue weighted by Crippen LogP contribution is -2.39. The van der Waals surface area contributed by atoms with E-state index < -0.39 is 0 Å². The van der Waals surface area contributed by atoms with E-state index in [1.807, 2.05) is 30.0 Å². The second-order valence-corrected chi connectivity index (χ2v) is 8.11. The molecule has 0 aromatic heterocycles. The summed E-state index contributed by atoms with van der Waals surface area (Å²) >= 11 is 0. The average molecular weight is 412 g/mol. The summed E-state index contributed by atoms with van der Waals surface area (Å²) in [6.45, 7) is 6.40. The second kappa shape index (κ2) is 10.2. The molecule has 0 spiro atoms. The third-order valence-electron chi connectivity index (χ3n) is 5.51. The summed E-state index contributed by atoms with van der Waals surface area (Å²) in [4.78, 5) is 26.8. The molecule has 160 valence electrons. The van der Waals surface area contributed by atoms with E-state index in [9.17, 15) is 14.0 Å². The fraction of sp³-hybridized carbons (Fsp3) is 0.417. The number of amides is 2. The molecule has 1 saturated heterocycles. The first-order chi connectivity index (χ1) is 14.4. The minimum Gasteiger partial charge on any atom is -0.376 e. The lowest BCUT2D eigenvalue weighted by molar-refractivity contribution is -0.119. The van der Waals surface area contributed by atoms with Gasteiger partial charge in [0.2, 0.25) is 5.91 Å². The molecular formula is C24H30FN3O2. The Morgan fingerprint density at radius 3 is 2.63 bits per heavy atom. The predicted octanol–water partition coefficient (Wildman–Crippen LogP) is 3.78. The molecule has 1 atom stereocenters. The number of benzene rings is 2. The van der Waals surface area contributed by atoms with Gasteiger partial charge in [-0.25, -0.2) is 4.39 Å². The van der Waals surface area contributed by atoms with Crippen LogP contribution in [0.1, 0.15) is 41.3 Å². The third kappa shape index (κ3) is 6.05. The van der Waals surface area contributed by atoms with Crippen molar-refractivity contribution in [3.8, 4) is 0 Å². The Balaban J connectivity index is 1.46. The summed E-state index contributed by atoms with van der Waals surface area (Å²) in [5.74, 6) is 0.251. The quantitative estimate of drug-likeness (QED) is 0.729. The lowest BCUT2D eigenvalue weighted by atomic mass is 9.99. The van der Waals surface area contributed by atoms with Crippen molar-refractivity contribution in [3.05, 3.63) is 65.0 Å². The Kier molecular flexibility index (Phi) is 7.44. The molecule has 0 radical (unpaired) electrons. The molecule has 5 nitrogen and oxygen atoms in total. The maximum absolute atomic E-state index is 12.9. The zero-order valence-electron chi connectivity index (χ0n) is 17.7. The number of nitrogens with zero attached hydrogens (tertiary/aromatic N) is 1.